The molecule has 0 saturated heterocycles. The molecule has 6 heteroatoms. The van der Waals surface area contributed by atoms with Crippen molar-refractivity contribution < 1.29 is 19.0 Å². The van der Waals surface area contributed by atoms with E-state index in [1.54, 1.807) is 32.2 Å². The monoisotopic (exact) mass is 406 g/mol. The summed E-state index contributed by atoms with van der Waals surface area (Å²) < 4.78 is 16.7. The average molecular weight is 406 g/mol. The van der Waals surface area contributed by atoms with Crippen molar-refractivity contribution in [2.75, 3.05) is 12.4 Å². The zero-order valence-corrected chi connectivity index (χ0v) is 17.6. The van der Waals surface area contributed by atoms with Crippen LogP contribution < -0.4 is 14.8 Å². The van der Waals surface area contributed by atoms with Gasteiger partial charge in [0, 0.05) is 24.9 Å². The molecule has 1 heterocycles. The number of anilines is 1. The van der Waals surface area contributed by atoms with Crippen molar-refractivity contribution in [3.63, 3.8) is 0 Å². The minimum absolute atomic E-state index is 0.0836. The Kier molecular flexibility index (Phi) is 7.03. The molecule has 30 heavy (non-hydrogen) atoms. The molecule has 3 rings (SSSR count). The van der Waals surface area contributed by atoms with E-state index in [0.717, 1.165) is 11.4 Å². The van der Waals surface area contributed by atoms with Crippen LogP contribution in [0.15, 0.2) is 60.7 Å². The van der Waals surface area contributed by atoms with E-state index < -0.39 is 0 Å². The molecule has 0 fully saturated rings. The molecule has 0 aliphatic carbocycles. The minimum Gasteiger partial charge on any atom is -0.491 e. The van der Waals surface area contributed by atoms with Crippen LogP contribution in [0.4, 0.5) is 5.69 Å². The van der Waals surface area contributed by atoms with E-state index in [2.05, 4.69) is 10.3 Å². The van der Waals surface area contributed by atoms with Crippen LogP contribution in [0.1, 0.15) is 35.6 Å². The quantitative estimate of drug-likeness (QED) is 0.545. The third kappa shape index (κ3) is 5.81. The Bertz CT molecular complexity index is 1020. The van der Waals surface area contributed by atoms with Gasteiger partial charge in [0.1, 0.15) is 17.2 Å². The first kappa shape index (κ1) is 21.3. The highest BCUT2D eigenvalue weighted by Crippen LogP contribution is 2.27. The predicted octanol–water partition coefficient (Wildman–Crippen LogP) is 5.37. The van der Waals surface area contributed by atoms with Gasteiger partial charge in [0.15, 0.2) is 0 Å². The first-order valence-corrected chi connectivity index (χ1v) is 9.76. The molecule has 0 aliphatic rings. The first-order chi connectivity index (χ1) is 14.4. The molecule has 156 valence electrons. The lowest BCUT2D eigenvalue weighted by atomic mass is 10.1. The Hall–Kier alpha value is -3.38. The van der Waals surface area contributed by atoms with Crippen molar-refractivity contribution in [1.29, 1.82) is 0 Å². The molecule has 0 aliphatic heterocycles. The van der Waals surface area contributed by atoms with Crippen LogP contribution in [-0.2, 0) is 11.3 Å². The van der Waals surface area contributed by atoms with Crippen LogP contribution in [0.5, 0.6) is 17.2 Å². The number of methoxy groups -OCH3 is 1. The Morgan fingerprint density at radius 1 is 1.00 bits per heavy atom. The van der Waals surface area contributed by atoms with E-state index in [-0.39, 0.29) is 12.0 Å². The zero-order chi connectivity index (χ0) is 21.5. The maximum absolute atomic E-state index is 12.7. The van der Waals surface area contributed by atoms with Crippen molar-refractivity contribution >= 4 is 11.6 Å². The number of pyridine rings is 1. The van der Waals surface area contributed by atoms with Crippen molar-refractivity contribution in [2.24, 2.45) is 0 Å². The molecule has 1 aromatic heterocycles. The molecule has 2 aromatic carbocycles. The van der Waals surface area contributed by atoms with E-state index in [9.17, 15) is 4.79 Å². The minimum atomic E-state index is -0.228. The smallest absolute Gasteiger partial charge is 0.257 e. The van der Waals surface area contributed by atoms with E-state index in [4.69, 9.17) is 14.2 Å². The summed E-state index contributed by atoms with van der Waals surface area (Å²) in [5.41, 5.74) is 2.58. The SMILES string of the molecule is COCc1ccc(C(=O)Nc2cccc(Oc3cccc(OC(C)C)c3)c2)c(C)n1. The van der Waals surface area contributed by atoms with Gasteiger partial charge in [0.25, 0.3) is 5.91 Å². The molecule has 3 aromatic rings. The molecule has 1 N–H and O–H groups in total. The van der Waals surface area contributed by atoms with E-state index in [0.29, 0.717) is 35.1 Å². The Labute approximate surface area is 176 Å². The maximum atomic E-state index is 12.7. The summed E-state index contributed by atoms with van der Waals surface area (Å²) >= 11 is 0. The van der Waals surface area contributed by atoms with E-state index in [1.165, 1.54) is 0 Å². The number of nitrogens with zero attached hydrogens (tertiary/aromatic N) is 1. The number of rotatable bonds is 8. The summed E-state index contributed by atoms with van der Waals surface area (Å²) in [5, 5.41) is 2.90. The summed E-state index contributed by atoms with van der Waals surface area (Å²) in [6.45, 7) is 6.16. The first-order valence-electron chi connectivity index (χ1n) is 9.76. The number of aryl methyl sites for hydroxylation is 1. The van der Waals surface area contributed by atoms with Crippen molar-refractivity contribution in [1.82, 2.24) is 4.98 Å². The Morgan fingerprint density at radius 2 is 1.70 bits per heavy atom. The average Bonchev–Trinajstić information content (AvgIpc) is 2.68. The highest BCUT2D eigenvalue weighted by molar-refractivity contribution is 6.05. The number of amides is 1. The molecule has 6 nitrogen and oxygen atoms in total. The zero-order valence-electron chi connectivity index (χ0n) is 17.6. The number of nitrogens with one attached hydrogen (secondary N) is 1. The third-order valence-corrected chi connectivity index (χ3v) is 4.19. The lowest BCUT2D eigenvalue weighted by molar-refractivity contribution is 0.102. The number of carbonyl (C=O) groups is 1. The number of ether oxygens (including phenoxy) is 3. The molecule has 1 amide bonds. The second-order valence-electron chi connectivity index (χ2n) is 7.09. The Morgan fingerprint density at radius 3 is 2.40 bits per heavy atom. The number of hydrogen-bond acceptors (Lipinski definition) is 5. The van der Waals surface area contributed by atoms with Gasteiger partial charge >= 0.3 is 0 Å². The molecular weight excluding hydrogens is 380 g/mol. The predicted molar refractivity (Wildman–Crippen MR) is 116 cm³/mol. The fourth-order valence-electron chi connectivity index (χ4n) is 2.94. The van der Waals surface area contributed by atoms with Crippen molar-refractivity contribution in [2.45, 2.75) is 33.5 Å². The summed E-state index contributed by atoms with van der Waals surface area (Å²) in [7, 11) is 1.61. The van der Waals surface area contributed by atoms with Crippen LogP contribution in [-0.4, -0.2) is 24.1 Å². The van der Waals surface area contributed by atoms with E-state index >= 15 is 0 Å². The van der Waals surface area contributed by atoms with Gasteiger partial charge in [0.2, 0.25) is 0 Å². The van der Waals surface area contributed by atoms with Gasteiger partial charge in [-0.1, -0.05) is 12.1 Å². The lowest BCUT2D eigenvalue weighted by Crippen LogP contribution is -2.14. The number of carbonyl (C=O) groups excluding carboxylic acids is 1. The van der Waals surface area contributed by atoms with Crippen molar-refractivity contribution in [3.8, 4) is 17.2 Å². The highest BCUT2D eigenvalue weighted by atomic mass is 16.5. The number of benzene rings is 2. The topological polar surface area (TPSA) is 69.7 Å². The van der Waals surface area contributed by atoms with E-state index in [1.807, 2.05) is 56.3 Å². The van der Waals surface area contributed by atoms with Crippen LogP contribution in [0.3, 0.4) is 0 Å². The molecule has 0 atom stereocenters. The van der Waals surface area contributed by atoms with Crippen LogP contribution in [0.25, 0.3) is 0 Å². The molecular formula is C24H26N2O4. The van der Waals surface area contributed by atoms with Crippen molar-refractivity contribution in [3.05, 3.63) is 77.6 Å². The summed E-state index contributed by atoms with van der Waals surface area (Å²) in [5.74, 6) is 1.78. The molecule has 0 spiro atoms. The summed E-state index contributed by atoms with van der Waals surface area (Å²) in [4.78, 5) is 17.1. The molecule has 0 bridgehead atoms. The van der Waals surface area contributed by atoms with Crippen LogP contribution >= 0.6 is 0 Å². The Balaban J connectivity index is 1.71. The van der Waals surface area contributed by atoms with Gasteiger partial charge in [-0.05, 0) is 57.2 Å². The largest absolute Gasteiger partial charge is 0.491 e. The maximum Gasteiger partial charge on any atom is 0.257 e. The second kappa shape index (κ2) is 9.89. The van der Waals surface area contributed by atoms with Gasteiger partial charge in [-0.2, -0.15) is 0 Å². The van der Waals surface area contributed by atoms with Crippen LogP contribution in [0, 0.1) is 6.92 Å². The number of aromatic nitrogens is 1. The van der Waals surface area contributed by atoms with Gasteiger partial charge in [0.05, 0.1) is 29.7 Å². The van der Waals surface area contributed by atoms with Gasteiger partial charge < -0.3 is 19.5 Å². The highest BCUT2D eigenvalue weighted by Gasteiger charge is 2.12. The molecule has 0 saturated carbocycles. The third-order valence-electron chi connectivity index (χ3n) is 4.19. The lowest BCUT2D eigenvalue weighted by Gasteiger charge is -2.12. The van der Waals surface area contributed by atoms with Gasteiger partial charge in [-0.3, -0.25) is 9.78 Å². The standard InChI is InChI=1S/C24H26N2O4/c1-16(2)29-21-9-6-10-22(14-21)30-20-8-5-7-18(13-20)26-24(27)23-12-11-19(15-28-4)25-17(23)3/h5-14,16H,15H2,1-4H3,(H,26,27). The molecule has 0 unspecified atom stereocenters. The fourth-order valence-corrected chi connectivity index (χ4v) is 2.94. The normalized spacial score (nSPS) is 10.7. The summed E-state index contributed by atoms with van der Waals surface area (Å²) in [6.07, 6.45) is 0.0836. The fraction of sp³-hybridized carbons (Fsp3) is 0.250. The number of hydrogen-bond donors (Lipinski definition) is 1. The van der Waals surface area contributed by atoms with Gasteiger partial charge in [-0.15, -0.1) is 0 Å². The molecule has 0 radical (unpaired) electrons. The second-order valence-corrected chi connectivity index (χ2v) is 7.09. The summed E-state index contributed by atoms with van der Waals surface area (Å²) in [6, 6.07) is 18.2. The van der Waals surface area contributed by atoms with Gasteiger partial charge in [-0.25, -0.2) is 0 Å². The van der Waals surface area contributed by atoms with Crippen LogP contribution in [0.2, 0.25) is 0 Å².